The highest BCUT2D eigenvalue weighted by Gasteiger charge is 2.57. The first-order valence-corrected chi connectivity index (χ1v) is 11.1. The predicted molar refractivity (Wildman–Crippen MR) is 110 cm³/mol. The Balaban J connectivity index is 0.00000261. The van der Waals surface area contributed by atoms with Gasteiger partial charge in [-0.2, -0.15) is 0 Å². The first-order chi connectivity index (χ1) is 12.1. The smallest absolute Gasteiger partial charge is 0.223 e. The van der Waals surface area contributed by atoms with E-state index >= 15 is 0 Å². The zero-order chi connectivity index (χ0) is 19.0. The number of rotatable bonds is 5. The van der Waals surface area contributed by atoms with Crippen LogP contribution in [0.1, 0.15) is 45.6 Å². The molecule has 1 spiro atoms. The van der Waals surface area contributed by atoms with Gasteiger partial charge in [-0.3, -0.25) is 4.79 Å². The highest BCUT2D eigenvalue weighted by Crippen LogP contribution is 2.58. The van der Waals surface area contributed by atoms with Gasteiger partial charge in [-0.25, -0.2) is 8.42 Å². The molecule has 2 fully saturated rings. The number of benzene rings is 1. The predicted octanol–water partition coefficient (Wildman–Crippen LogP) is 2.69. The number of carbonyl (C=O) groups excluding carboxylic acids is 1. The molecule has 1 amide bonds. The Hall–Kier alpha value is -1.11. The van der Waals surface area contributed by atoms with Crippen LogP contribution < -0.4 is 10.6 Å². The van der Waals surface area contributed by atoms with E-state index in [0.29, 0.717) is 4.90 Å². The van der Waals surface area contributed by atoms with E-state index < -0.39 is 9.84 Å². The molecule has 1 aromatic rings. The van der Waals surface area contributed by atoms with Crippen molar-refractivity contribution in [1.82, 2.24) is 10.6 Å². The molecular formula is C20H31ClN2O3S. The summed E-state index contributed by atoms with van der Waals surface area (Å²) in [6.07, 6.45) is 3.04. The number of hydrogen-bond acceptors (Lipinski definition) is 4. The number of nitrogens with one attached hydrogen (secondary N) is 2. The van der Waals surface area contributed by atoms with Crippen LogP contribution in [-0.2, 0) is 20.0 Å². The SMILES string of the molecule is CC(C)(C)c1ccc(S(=O)(=O)CCNC(=O)C2CC23CCNCC3)cc1.Cl. The van der Waals surface area contributed by atoms with E-state index in [9.17, 15) is 13.2 Å². The topological polar surface area (TPSA) is 75.3 Å². The zero-order valence-electron chi connectivity index (χ0n) is 16.4. The third-order valence-electron chi connectivity index (χ3n) is 5.86. The van der Waals surface area contributed by atoms with Crippen molar-refractivity contribution in [2.24, 2.45) is 11.3 Å². The second-order valence-electron chi connectivity index (χ2n) is 8.75. The number of hydrogen-bond donors (Lipinski definition) is 2. The lowest BCUT2D eigenvalue weighted by atomic mass is 9.87. The Morgan fingerprint density at radius 3 is 2.33 bits per heavy atom. The van der Waals surface area contributed by atoms with Gasteiger partial charge in [-0.1, -0.05) is 32.9 Å². The molecule has 0 radical (unpaired) electrons. The summed E-state index contributed by atoms with van der Waals surface area (Å²) >= 11 is 0. The average molecular weight is 415 g/mol. The van der Waals surface area contributed by atoms with Gasteiger partial charge in [0.25, 0.3) is 0 Å². The van der Waals surface area contributed by atoms with Gasteiger partial charge in [0.05, 0.1) is 10.6 Å². The third kappa shape index (κ3) is 5.04. The number of sulfone groups is 1. The maximum Gasteiger partial charge on any atom is 0.223 e. The first kappa shape index (κ1) is 22.2. The summed E-state index contributed by atoms with van der Waals surface area (Å²) in [6, 6.07) is 7.08. The van der Waals surface area contributed by atoms with E-state index in [1.807, 2.05) is 12.1 Å². The first-order valence-electron chi connectivity index (χ1n) is 9.46. The minimum absolute atomic E-state index is 0. The van der Waals surface area contributed by atoms with Crippen LogP contribution in [0.25, 0.3) is 0 Å². The molecular weight excluding hydrogens is 384 g/mol. The highest BCUT2D eigenvalue weighted by atomic mass is 35.5. The molecule has 1 aliphatic heterocycles. The lowest BCUT2D eigenvalue weighted by Gasteiger charge is -2.23. The minimum Gasteiger partial charge on any atom is -0.355 e. The number of amides is 1. The third-order valence-corrected chi connectivity index (χ3v) is 7.59. The normalized spacial score (nSPS) is 21.4. The highest BCUT2D eigenvalue weighted by molar-refractivity contribution is 7.91. The van der Waals surface area contributed by atoms with Gasteiger partial charge in [-0.15, -0.1) is 12.4 Å². The quantitative estimate of drug-likeness (QED) is 0.776. The molecule has 1 saturated heterocycles. The van der Waals surface area contributed by atoms with E-state index in [2.05, 4.69) is 31.4 Å². The van der Waals surface area contributed by atoms with E-state index in [1.54, 1.807) is 12.1 Å². The summed E-state index contributed by atoms with van der Waals surface area (Å²) in [7, 11) is -3.38. The van der Waals surface area contributed by atoms with Crippen molar-refractivity contribution in [2.45, 2.75) is 50.3 Å². The lowest BCUT2D eigenvalue weighted by molar-refractivity contribution is -0.123. The van der Waals surface area contributed by atoms with Gasteiger partial charge in [0, 0.05) is 12.5 Å². The van der Waals surface area contributed by atoms with Crippen molar-refractivity contribution in [2.75, 3.05) is 25.4 Å². The largest absolute Gasteiger partial charge is 0.355 e. The zero-order valence-corrected chi connectivity index (χ0v) is 18.0. The van der Waals surface area contributed by atoms with Crippen molar-refractivity contribution in [1.29, 1.82) is 0 Å². The second-order valence-corrected chi connectivity index (χ2v) is 10.9. The molecule has 1 atom stereocenters. The van der Waals surface area contributed by atoms with Crippen LogP contribution in [-0.4, -0.2) is 39.7 Å². The molecule has 1 heterocycles. The summed E-state index contributed by atoms with van der Waals surface area (Å²) in [5.41, 5.74) is 1.27. The summed E-state index contributed by atoms with van der Waals surface area (Å²) in [5, 5.41) is 6.16. The average Bonchev–Trinajstić information content (AvgIpc) is 3.28. The molecule has 3 rings (SSSR count). The van der Waals surface area contributed by atoms with Crippen molar-refractivity contribution >= 4 is 28.2 Å². The summed E-state index contributed by atoms with van der Waals surface area (Å²) in [4.78, 5) is 12.7. The van der Waals surface area contributed by atoms with Crippen molar-refractivity contribution < 1.29 is 13.2 Å². The van der Waals surface area contributed by atoms with Gasteiger partial charge in [0.2, 0.25) is 5.91 Å². The fourth-order valence-electron chi connectivity index (χ4n) is 3.91. The lowest BCUT2D eigenvalue weighted by Crippen LogP contribution is -2.35. The summed E-state index contributed by atoms with van der Waals surface area (Å²) in [5.74, 6) is 0.0260. The van der Waals surface area contributed by atoms with Crippen LogP contribution in [0.4, 0.5) is 0 Å². The molecule has 2 N–H and O–H groups in total. The van der Waals surface area contributed by atoms with Gasteiger partial charge in [0.1, 0.15) is 0 Å². The molecule has 1 aliphatic carbocycles. The van der Waals surface area contributed by atoms with Crippen LogP contribution in [0.5, 0.6) is 0 Å². The van der Waals surface area contributed by atoms with Crippen molar-refractivity contribution in [3.05, 3.63) is 29.8 Å². The van der Waals surface area contributed by atoms with Gasteiger partial charge < -0.3 is 10.6 Å². The fourth-order valence-corrected chi connectivity index (χ4v) is 5.06. The monoisotopic (exact) mass is 414 g/mol. The van der Waals surface area contributed by atoms with Crippen molar-refractivity contribution in [3.63, 3.8) is 0 Å². The van der Waals surface area contributed by atoms with Crippen LogP contribution in [0.3, 0.4) is 0 Å². The van der Waals surface area contributed by atoms with E-state index in [4.69, 9.17) is 0 Å². The van der Waals surface area contributed by atoms with Gasteiger partial charge in [-0.05, 0) is 60.9 Å². The Labute approximate surface area is 169 Å². The minimum atomic E-state index is -3.38. The van der Waals surface area contributed by atoms with Crippen LogP contribution in [0, 0.1) is 11.3 Å². The van der Waals surface area contributed by atoms with Crippen LogP contribution in [0.2, 0.25) is 0 Å². The molecule has 152 valence electrons. The summed E-state index contributed by atoms with van der Waals surface area (Å²) in [6.45, 7) is 8.41. The molecule has 27 heavy (non-hydrogen) atoms. The maximum atomic E-state index is 12.5. The Bertz CT molecular complexity index is 763. The molecule has 5 nitrogen and oxygen atoms in total. The van der Waals surface area contributed by atoms with E-state index in [-0.39, 0.29) is 47.4 Å². The summed E-state index contributed by atoms with van der Waals surface area (Å²) < 4.78 is 25.0. The van der Waals surface area contributed by atoms with Crippen LogP contribution in [0.15, 0.2) is 29.2 Å². The number of halogens is 1. The molecule has 1 unspecified atom stereocenters. The molecule has 2 aliphatic rings. The van der Waals surface area contributed by atoms with E-state index in [0.717, 1.165) is 37.9 Å². The van der Waals surface area contributed by atoms with Crippen molar-refractivity contribution in [3.8, 4) is 0 Å². The second kappa shape index (κ2) is 8.10. The van der Waals surface area contributed by atoms with Gasteiger partial charge >= 0.3 is 0 Å². The number of carbonyl (C=O) groups is 1. The molecule has 1 saturated carbocycles. The molecule has 7 heteroatoms. The molecule has 0 aromatic heterocycles. The molecule has 1 aromatic carbocycles. The van der Waals surface area contributed by atoms with Gasteiger partial charge in [0.15, 0.2) is 9.84 Å². The Morgan fingerprint density at radius 2 is 1.78 bits per heavy atom. The van der Waals surface area contributed by atoms with Crippen LogP contribution >= 0.6 is 12.4 Å². The Kier molecular flexibility index (Phi) is 6.65. The standard InChI is InChI=1S/C20H30N2O3S.ClH/c1-19(2,3)15-4-6-16(7-5-15)26(24,25)13-12-22-18(23)17-14-20(17)8-10-21-11-9-20;/h4-7,17,21H,8-14H2,1-3H3,(H,22,23);1H. The Morgan fingerprint density at radius 1 is 1.19 bits per heavy atom. The van der Waals surface area contributed by atoms with E-state index in [1.165, 1.54) is 0 Å². The fraction of sp³-hybridized carbons (Fsp3) is 0.650. The number of piperidine rings is 1. The molecule has 0 bridgehead atoms. The maximum absolute atomic E-state index is 12.5.